The molecule has 0 aliphatic rings. The van der Waals surface area contributed by atoms with E-state index in [0.29, 0.717) is 5.82 Å². The lowest BCUT2D eigenvalue weighted by molar-refractivity contribution is 0.631. The molecule has 3 nitrogen and oxygen atoms in total. The summed E-state index contributed by atoms with van der Waals surface area (Å²) in [5, 5.41) is 3.59. The zero-order chi connectivity index (χ0) is 30.3. The van der Waals surface area contributed by atoms with Gasteiger partial charge in [0.2, 0.25) is 0 Å². The summed E-state index contributed by atoms with van der Waals surface area (Å²) in [4.78, 5) is 10.2. The summed E-state index contributed by atoms with van der Waals surface area (Å²) in [5.41, 5.74) is 11.6. The Morgan fingerprint density at radius 2 is 1.02 bits per heavy atom. The van der Waals surface area contributed by atoms with Crippen molar-refractivity contribution < 1.29 is 4.42 Å². The number of aromatic nitrogens is 2. The summed E-state index contributed by atoms with van der Waals surface area (Å²) < 4.78 is 6.12. The van der Waals surface area contributed by atoms with Crippen LogP contribution in [0.25, 0.3) is 78.1 Å². The number of aryl methyl sites for hydroxylation is 2. The Morgan fingerprint density at radius 3 is 1.71 bits per heavy atom. The predicted molar refractivity (Wildman–Crippen MR) is 186 cm³/mol. The predicted octanol–water partition coefficient (Wildman–Crippen LogP) is 11.3. The van der Waals surface area contributed by atoms with Gasteiger partial charge in [-0.1, -0.05) is 126 Å². The summed E-state index contributed by atoms with van der Waals surface area (Å²) in [6.07, 6.45) is 0. The van der Waals surface area contributed by atoms with E-state index in [1.54, 1.807) is 0 Å². The minimum Gasteiger partial charge on any atom is -0.456 e. The molecule has 6 aromatic carbocycles. The zero-order valence-corrected chi connectivity index (χ0v) is 25.2. The Hall–Kier alpha value is -5.80. The third-order valence-corrected chi connectivity index (χ3v) is 8.38. The first kappa shape index (κ1) is 26.8. The van der Waals surface area contributed by atoms with Crippen molar-refractivity contribution in [3.8, 4) is 56.4 Å². The lowest BCUT2D eigenvalue weighted by atomic mass is 9.97. The molecule has 0 amide bonds. The van der Waals surface area contributed by atoms with Crippen molar-refractivity contribution in [3.63, 3.8) is 0 Å². The van der Waals surface area contributed by atoms with Crippen LogP contribution in [0.1, 0.15) is 11.1 Å². The molecule has 0 aliphatic heterocycles. The lowest BCUT2D eigenvalue weighted by Gasteiger charge is -2.12. The molecular weight excluding hydrogens is 548 g/mol. The molecule has 2 heterocycles. The van der Waals surface area contributed by atoms with Crippen LogP contribution in [0.4, 0.5) is 0 Å². The topological polar surface area (TPSA) is 38.9 Å². The average molecular weight is 579 g/mol. The largest absolute Gasteiger partial charge is 0.456 e. The standard InChI is InChI=1S/C42H30N2O/c1-27-22-28(2)24-35(23-27)42-43-38(31-16-14-30(15-17-31)37-12-7-10-29-8-3-5-11-36(29)37)26-39(44-42)32-18-20-33(21-19-32)41-25-34-9-4-6-13-40(34)45-41/h3-26H,1-2H3. The van der Waals surface area contributed by atoms with Gasteiger partial charge in [0.1, 0.15) is 11.3 Å². The molecule has 214 valence electrons. The minimum atomic E-state index is 0.716. The highest BCUT2D eigenvalue weighted by atomic mass is 16.3. The maximum Gasteiger partial charge on any atom is 0.160 e. The second-order valence-electron chi connectivity index (χ2n) is 11.7. The highest BCUT2D eigenvalue weighted by molar-refractivity contribution is 5.96. The molecule has 8 aromatic rings. The Labute approximate surface area is 262 Å². The van der Waals surface area contributed by atoms with Crippen LogP contribution in [0.2, 0.25) is 0 Å². The average Bonchev–Trinajstić information content (AvgIpc) is 3.52. The summed E-state index contributed by atoms with van der Waals surface area (Å²) in [6, 6.07) is 50.9. The van der Waals surface area contributed by atoms with Crippen molar-refractivity contribution in [1.82, 2.24) is 9.97 Å². The second kappa shape index (κ2) is 11.0. The van der Waals surface area contributed by atoms with Crippen LogP contribution in [0, 0.1) is 13.8 Å². The number of fused-ring (bicyclic) bond motifs is 2. The fourth-order valence-electron chi connectivity index (χ4n) is 6.20. The van der Waals surface area contributed by atoms with Gasteiger partial charge in [0, 0.05) is 27.6 Å². The Morgan fingerprint density at radius 1 is 0.444 bits per heavy atom. The van der Waals surface area contributed by atoms with Crippen LogP contribution < -0.4 is 0 Å². The number of hydrogen-bond acceptors (Lipinski definition) is 3. The summed E-state index contributed by atoms with van der Waals surface area (Å²) in [7, 11) is 0. The third kappa shape index (κ3) is 5.19. The molecule has 0 atom stereocenters. The molecule has 45 heavy (non-hydrogen) atoms. The molecule has 2 aromatic heterocycles. The number of nitrogens with zero attached hydrogens (tertiary/aromatic N) is 2. The maximum atomic E-state index is 6.12. The van der Waals surface area contributed by atoms with Crippen LogP contribution in [-0.4, -0.2) is 9.97 Å². The van der Waals surface area contributed by atoms with E-state index >= 15 is 0 Å². The molecule has 0 saturated carbocycles. The molecular formula is C42H30N2O. The number of hydrogen-bond donors (Lipinski definition) is 0. The first-order chi connectivity index (χ1) is 22.1. The van der Waals surface area contributed by atoms with Crippen molar-refractivity contribution in [3.05, 3.63) is 157 Å². The van der Waals surface area contributed by atoms with Gasteiger partial charge in [-0.2, -0.15) is 0 Å². The monoisotopic (exact) mass is 578 g/mol. The molecule has 0 saturated heterocycles. The van der Waals surface area contributed by atoms with Crippen molar-refractivity contribution >= 4 is 21.7 Å². The zero-order valence-electron chi connectivity index (χ0n) is 25.2. The number of para-hydroxylation sites is 1. The van der Waals surface area contributed by atoms with Gasteiger partial charge < -0.3 is 4.42 Å². The normalized spacial score (nSPS) is 11.3. The molecule has 0 N–H and O–H groups in total. The SMILES string of the molecule is Cc1cc(C)cc(-c2nc(-c3ccc(-c4cc5ccccc5o4)cc3)cc(-c3ccc(-c4cccc5ccccc45)cc3)n2)c1. The van der Waals surface area contributed by atoms with Crippen LogP contribution in [0.5, 0.6) is 0 Å². The molecule has 0 spiro atoms. The van der Waals surface area contributed by atoms with Gasteiger partial charge in [-0.05, 0) is 66.1 Å². The van der Waals surface area contributed by atoms with Crippen molar-refractivity contribution in [2.45, 2.75) is 13.8 Å². The van der Waals surface area contributed by atoms with E-state index in [2.05, 4.69) is 141 Å². The first-order valence-electron chi connectivity index (χ1n) is 15.2. The highest BCUT2D eigenvalue weighted by Gasteiger charge is 2.13. The summed E-state index contributed by atoms with van der Waals surface area (Å²) in [6.45, 7) is 4.23. The van der Waals surface area contributed by atoms with E-state index in [1.807, 2.05) is 18.2 Å². The van der Waals surface area contributed by atoms with E-state index in [-0.39, 0.29) is 0 Å². The fraction of sp³-hybridized carbons (Fsp3) is 0.0476. The summed E-state index contributed by atoms with van der Waals surface area (Å²) >= 11 is 0. The fourth-order valence-corrected chi connectivity index (χ4v) is 6.20. The Balaban J connectivity index is 1.20. The van der Waals surface area contributed by atoms with E-state index in [4.69, 9.17) is 14.4 Å². The lowest BCUT2D eigenvalue weighted by Crippen LogP contribution is -1.97. The van der Waals surface area contributed by atoms with Crippen LogP contribution >= 0.6 is 0 Å². The highest BCUT2D eigenvalue weighted by Crippen LogP contribution is 2.34. The number of furan rings is 1. The number of benzene rings is 6. The molecule has 3 heteroatoms. The third-order valence-electron chi connectivity index (χ3n) is 8.38. The van der Waals surface area contributed by atoms with E-state index < -0.39 is 0 Å². The van der Waals surface area contributed by atoms with Gasteiger partial charge in [0.05, 0.1) is 11.4 Å². The Bertz CT molecular complexity index is 2270. The van der Waals surface area contributed by atoms with E-state index in [0.717, 1.165) is 50.4 Å². The van der Waals surface area contributed by atoms with E-state index in [1.165, 1.54) is 33.0 Å². The van der Waals surface area contributed by atoms with Crippen molar-refractivity contribution in [1.29, 1.82) is 0 Å². The van der Waals surface area contributed by atoms with E-state index in [9.17, 15) is 0 Å². The summed E-state index contributed by atoms with van der Waals surface area (Å²) in [5.74, 6) is 1.57. The Kier molecular flexibility index (Phi) is 6.57. The van der Waals surface area contributed by atoms with Crippen molar-refractivity contribution in [2.75, 3.05) is 0 Å². The van der Waals surface area contributed by atoms with Crippen LogP contribution in [0.15, 0.2) is 150 Å². The smallest absolute Gasteiger partial charge is 0.160 e. The molecule has 0 unspecified atom stereocenters. The van der Waals surface area contributed by atoms with Gasteiger partial charge in [0.15, 0.2) is 5.82 Å². The maximum absolute atomic E-state index is 6.12. The second-order valence-corrected chi connectivity index (χ2v) is 11.7. The molecule has 0 bridgehead atoms. The number of rotatable bonds is 5. The van der Waals surface area contributed by atoms with Crippen LogP contribution in [-0.2, 0) is 0 Å². The molecule has 0 aliphatic carbocycles. The van der Waals surface area contributed by atoms with Crippen molar-refractivity contribution in [2.24, 2.45) is 0 Å². The molecule has 8 rings (SSSR count). The molecule has 0 radical (unpaired) electrons. The molecule has 0 fully saturated rings. The minimum absolute atomic E-state index is 0.716. The van der Waals surface area contributed by atoms with Gasteiger partial charge in [0.25, 0.3) is 0 Å². The van der Waals surface area contributed by atoms with Gasteiger partial charge in [-0.15, -0.1) is 0 Å². The quantitative estimate of drug-likeness (QED) is 0.204. The van der Waals surface area contributed by atoms with Gasteiger partial charge in [-0.3, -0.25) is 0 Å². The van der Waals surface area contributed by atoms with Gasteiger partial charge >= 0.3 is 0 Å². The van der Waals surface area contributed by atoms with Crippen LogP contribution in [0.3, 0.4) is 0 Å². The first-order valence-corrected chi connectivity index (χ1v) is 15.2. The van der Waals surface area contributed by atoms with Gasteiger partial charge in [-0.25, -0.2) is 9.97 Å².